The predicted octanol–water partition coefficient (Wildman–Crippen LogP) is 5.46. The maximum atomic E-state index is 13.6. The van der Waals surface area contributed by atoms with Gasteiger partial charge in [-0.2, -0.15) is 13.2 Å². The number of hydrogen-bond donors (Lipinski definition) is 1. The van der Waals surface area contributed by atoms with Crippen molar-refractivity contribution in [2.45, 2.75) is 20.0 Å². The van der Waals surface area contributed by atoms with E-state index < -0.39 is 11.7 Å². The number of fused-ring (bicyclic) bond motifs is 2. The fourth-order valence-electron chi connectivity index (χ4n) is 3.01. The summed E-state index contributed by atoms with van der Waals surface area (Å²) in [4.78, 5) is 4.16. The Hall–Kier alpha value is -2.94. The largest absolute Gasteiger partial charge is 0.476 e. The van der Waals surface area contributed by atoms with Gasteiger partial charge in [0, 0.05) is 17.6 Å². The minimum atomic E-state index is -4.57. The summed E-state index contributed by atoms with van der Waals surface area (Å²) in [6.45, 7) is 4.37. The van der Waals surface area contributed by atoms with Gasteiger partial charge in [0.1, 0.15) is 5.02 Å². The lowest BCUT2D eigenvalue weighted by Gasteiger charge is -2.11. The summed E-state index contributed by atoms with van der Waals surface area (Å²) < 4.78 is 52.9. The quantitative estimate of drug-likeness (QED) is 0.471. The molecule has 0 atom stereocenters. The molecule has 0 spiro atoms. The molecule has 0 saturated heterocycles. The third-order valence-electron chi connectivity index (χ3n) is 4.35. The van der Waals surface area contributed by atoms with Gasteiger partial charge in [-0.05, 0) is 18.1 Å². The zero-order valence-corrected chi connectivity index (χ0v) is 16.2. The molecular weight excluding hydrogens is 409 g/mol. The van der Waals surface area contributed by atoms with Crippen LogP contribution in [0.2, 0.25) is 5.02 Å². The number of alkyl halides is 3. The molecule has 3 aromatic heterocycles. The number of anilines is 1. The Morgan fingerprint density at radius 3 is 2.66 bits per heavy atom. The molecule has 6 nitrogen and oxygen atoms in total. The molecule has 0 bridgehead atoms. The molecule has 0 fully saturated rings. The van der Waals surface area contributed by atoms with Gasteiger partial charge in [0.15, 0.2) is 11.4 Å². The Morgan fingerprint density at radius 1 is 1.24 bits per heavy atom. The second-order valence-electron chi connectivity index (χ2n) is 7.03. The second-order valence-corrected chi connectivity index (χ2v) is 7.44. The first-order valence-electron chi connectivity index (χ1n) is 8.71. The van der Waals surface area contributed by atoms with Crippen LogP contribution >= 0.6 is 11.6 Å². The minimum absolute atomic E-state index is 0.0270. The van der Waals surface area contributed by atoms with Gasteiger partial charge in [-0.25, -0.2) is 4.98 Å². The number of nitrogens with zero attached hydrogens (tertiary/aromatic N) is 3. The number of aromatic nitrogens is 3. The van der Waals surface area contributed by atoms with Crippen LogP contribution < -0.4 is 10.5 Å². The van der Waals surface area contributed by atoms with Crippen molar-refractivity contribution >= 4 is 39.3 Å². The maximum absolute atomic E-state index is 13.6. The van der Waals surface area contributed by atoms with E-state index in [-0.39, 0.29) is 39.1 Å². The number of ether oxygens (including phenoxy) is 1. The van der Waals surface area contributed by atoms with Crippen molar-refractivity contribution in [2.75, 3.05) is 12.3 Å². The van der Waals surface area contributed by atoms with Crippen LogP contribution in [0.15, 0.2) is 35.1 Å². The van der Waals surface area contributed by atoms with Crippen molar-refractivity contribution in [3.63, 3.8) is 0 Å². The highest BCUT2D eigenvalue weighted by atomic mass is 35.5. The first-order valence-corrected chi connectivity index (χ1v) is 9.09. The Bertz CT molecular complexity index is 1210. The topological polar surface area (TPSA) is 79.1 Å². The van der Waals surface area contributed by atoms with Crippen LogP contribution in [-0.2, 0) is 6.18 Å². The van der Waals surface area contributed by atoms with Crippen LogP contribution in [0.4, 0.5) is 19.0 Å². The number of hydrogen-bond acceptors (Lipinski definition) is 5. The summed E-state index contributed by atoms with van der Waals surface area (Å²) in [5.74, 6) is 0.521. The number of nitrogens with two attached hydrogens (primary N) is 1. The van der Waals surface area contributed by atoms with Gasteiger partial charge in [0.25, 0.3) is 0 Å². The van der Waals surface area contributed by atoms with E-state index in [1.165, 1.54) is 29.0 Å². The van der Waals surface area contributed by atoms with Gasteiger partial charge in [-0.3, -0.25) is 0 Å². The fourth-order valence-corrected chi connectivity index (χ4v) is 3.23. The fraction of sp³-hybridized carbons (Fsp3) is 0.263. The molecule has 29 heavy (non-hydrogen) atoms. The van der Waals surface area contributed by atoms with Crippen LogP contribution in [0.1, 0.15) is 19.4 Å². The molecule has 2 N–H and O–H groups in total. The molecule has 4 rings (SSSR count). The van der Waals surface area contributed by atoms with Crippen molar-refractivity contribution in [2.24, 2.45) is 5.92 Å². The molecule has 152 valence electrons. The van der Waals surface area contributed by atoms with E-state index in [1.807, 2.05) is 13.8 Å². The number of nitrogen functional groups attached to an aromatic ring is 1. The molecule has 0 saturated carbocycles. The SMILES string of the molecule is CC(C)COc1ncc(-n2cc(C(F)(F)F)c3cc4c(N)noc4cc32)cc1Cl. The van der Waals surface area contributed by atoms with Crippen molar-refractivity contribution in [3.8, 4) is 11.6 Å². The van der Waals surface area contributed by atoms with E-state index >= 15 is 0 Å². The van der Waals surface area contributed by atoms with E-state index in [9.17, 15) is 13.2 Å². The smallest absolute Gasteiger partial charge is 0.418 e. The van der Waals surface area contributed by atoms with Crippen LogP contribution in [-0.4, -0.2) is 21.3 Å². The minimum Gasteiger partial charge on any atom is -0.476 e. The Kier molecular flexibility index (Phi) is 4.57. The lowest BCUT2D eigenvalue weighted by Crippen LogP contribution is -2.06. The molecule has 4 aromatic rings. The van der Waals surface area contributed by atoms with E-state index in [1.54, 1.807) is 0 Å². The standard InChI is InChI=1S/C19H16ClF3N4O2/c1-9(2)8-28-18-14(20)3-10(6-25-18)27-7-13(19(21,22)23)11-4-12-16(5-15(11)27)29-26-17(12)24/h3-7,9H,8H2,1-2H3,(H2,24,26). The Balaban J connectivity index is 1.89. The zero-order chi connectivity index (χ0) is 20.9. The normalized spacial score (nSPS) is 12.4. The van der Waals surface area contributed by atoms with Gasteiger partial charge in [0.05, 0.1) is 35.0 Å². The van der Waals surface area contributed by atoms with E-state index in [0.717, 1.165) is 6.20 Å². The summed E-state index contributed by atoms with van der Waals surface area (Å²) in [5, 5.41) is 4.10. The highest BCUT2D eigenvalue weighted by molar-refractivity contribution is 6.32. The molecule has 0 radical (unpaired) electrons. The monoisotopic (exact) mass is 424 g/mol. The highest BCUT2D eigenvalue weighted by Crippen LogP contribution is 2.40. The molecule has 3 heterocycles. The average molecular weight is 425 g/mol. The summed E-state index contributed by atoms with van der Waals surface area (Å²) in [6, 6.07) is 4.29. The highest BCUT2D eigenvalue weighted by Gasteiger charge is 2.35. The van der Waals surface area contributed by atoms with Gasteiger partial charge < -0.3 is 19.6 Å². The van der Waals surface area contributed by atoms with Crippen molar-refractivity contribution in [3.05, 3.63) is 41.2 Å². The van der Waals surface area contributed by atoms with Crippen LogP contribution in [0.5, 0.6) is 5.88 Å². The Labute approximate surface area is 168 Å². The summed E-state index contributed by atoms with van der Waals surface area (Å²) in [5.41, 5.74) is 5.76. The molecule has 0 unspecified atom stereocenters. The van der Waals surface area contributed by atoms with Crippen LogP contribution in [0, 0.1) is 5.92 Å². The van der Waals surface area contributed by atoms with Gasteiger partial charge in [-0.1, -0.05) is 30.6 Å². The maximum Gasteiger partial charge on any atom is 0.418 e. The van der Waals surface area contributed by atoms with Crippen molar-refractivity contribution < 1.29 is 22.4 Å². The third kappa shape index (κ3) is 3.46. The van der Waals surface area contributed by atoms with Crippen LogP contribution in [0.25, 0.3) is 27.6 Å². The molecule has 1 aromatic carbocycles. The van der Waals surface area contributed by atoms with E-state index in [4.69, 9.17) is 26.6 Å². The Morgan fingerprint density at radius 2 is 2.00 bits per heavy atom. The number of benzene rings is 1. The first kappa shape index (κ1) is 19.4. The third-order valence-corrected chi connectivity index (χ3v) is 4.62. The summed E-state index contributed by atoms with van der Waals surface area (Å²) in [7, 11) is 0. The molecule has 0 aliphatic heterocycles. The summed E-state index contributed by atoms with van der Waals surface area (Å²) >= 11 is 6.24. The number of rotatable bonds is 4. The van der Waals surface area contributed by atoms with Gasteiger partial charge in [-0.15, -0.1) is 0 Å². The van der Waals surface area contributed by atoms with Crippen LogP contribution in [0.3, 0.4) is 0 Å². The van der Waals surface area contributed by atoms with Crippen molar-refractivity contribution in [1.82, 2.24) is 14.7 Å². The molecule has 0 amide bonds. The lowest BCUT2D eigenvalue weighted by molar-refractivity contribution is -0.136. The molecule has 0 aliphatic carbocycles. The first-order chi connectivity index (χ1) is 13.6. The lowest BCUT2D eigenvalue weighted by atomic mass is 10.1. The predicted molar refractivity (Wildman–Crippen MR) is 103 cm³/mol. The zero-order valence-electron chi connectivity index (χ0n) is 15.4. The van der Waals surface area contributed by atoms with Crippen molar-refractivity contribution in [1.29, 1.82) is 0 Å². The number of halogens is 4. The summed E-state index contributed by atoms with van der Waals surface area (Å²) in [6.07, 6.45) is -2.17. The molecule has 10 heteroatoms. The number of pyridine rings is 1. The van der Waals surface area contributed by atoms with Gasteiger partial charge in [0.2, 0.25) is 5.88 Å². The second kappa shape index (κ2) is 6.84. The van der Waals surface area contributed by atoms with E-state index in [0.29, 0.717) is 17.7 Å². The van der Waals surface area contributed by atoms with E-state index in [2.05, 4.69) is 10.1 Å². The molecule has 0 aliphatic rings. The average Bonchev–Trinajstić information content (AvgIpc) is 3.19. The van der Waals surface area contributed by atoms with Gasteiger partial charge >= 0.3 is 6.18 Å². The molecular formula is C19H16ClF3N4O2.